The molecule has 2 aliphatic rings. The van der Waals surface area contributed by atoms with Gasteiger partial charge >= 0.3 is 0 Å². The topological polar surface area (TPSA) is 60.2 Å². The molecule has 3 aromatic rings. The first-order valence-corrected chi connectivity index (χ1v) is 10.5. The standard InChI is InChI=1S/C23H23ClN4O2/c1-13-16(8-15-4-5-19(25-10-15)17-11-26-27(3)12-17)9-18-22(21(13)24)30-20-6-7-28(14(20)2)23(18)29/h4-5,9-12,14,20H,6-8H2,1-3H3/t14-,20+/m1/s1. The van der Waals surface area contributed by atoms with Crippen LogP contribution in [-0.2, 0) is 13.5 Å². The minimum atomic E-state index is 0.00201. The van der Waals surface area contributed by atoms with E-state index in [-0.39, 0.29) is 18.1 Å². The zero-order valence-corrected chi connectivity index (χ0v) is 18.0. The number of hydrogen-bond acceptors (Lipinski definition) is 4. The van der Waals surface area contributed by atoms with Crippen LogP contribution in [0.4, 0.5) is 0 Å². The molecule has 2 aromatic heterocycles. The van der Waals surface area contributed by atoms with Crippen molar-refractivity contribution in [1.82, 2.24) is 19.7 Å². The van der Waals surface area contributed by atoms with E-state index in [1.165, 1.54) is 0 Å². The number of aryl methyl sites for hydroxylation is 1. The molecule has 1 amide bonds. The van der Waals surface area contributed by atoms with Crippen LogP contribution >= 0.6 is 11.6 Å². The highest BCUT2D eigenvalue weighted by Gasteiger charge is 2.41. The lowest BCUT2D eigenvalue weighted by molar-refractivity contribution is 0.0730. The Kier molecular flexibility index (Phi) is 4.54. The number of carbonyl (C=O) groups excluding carboxylic acids is 1. The van der Waals surface area contributed by atoms with Crippen LogP contribution in [0.1, 0.15) is 40.4 Å². The molecule has 154 valence electrons. The van der Waals surface area contributed by atoms with E-state index in [0.717, 1.165) is 40.9 Å². The van der Waals surface area contributed by atoms with Crippen LogP contribution in [-0.4, -0.2) is 44.3 Å². The summed E-state index contributed by atoms with van der Waals surface area (Å²) >= 11 is 6.69. The molecule has 0 saturated carbocycles. The first-order chi connectivity index (χ1) is 14.4. The highest BCUT2D eigenvalue weighted by atomic mass is 35.5. The number of ether oxygens (including phenoxy) is 1. The van der Waals surface area contributed by atoms with E-state index >= 15 is 0 Å². The monoisotopic (exact) mass is 422 g/mol. The molecular formula is C23H23ClN4O2. The van der Waals surface area contributed by atoms with Crippen LogP contribution in [0.5, 0.6) is 5.75 Å². The summed E-state index contributed by atoms with van der Waals surface area (Å²) in [5, 5.41) is 4.73. The molecule has 0 aliphatic carbocycles. The zero-order valence-electron chi connectivity index (χ0n) is 17.2. The summed E-state index contributed by atoms with van der Waals surface area (Å²) in [5.74, 6) is 0.540. The minimum Gasteiger partial charge on any atom is -0.486 e. The van der Waals surface area contributed by atoms with Crippen LogP contribution in [0.15, 0.2) is 36.8 Å². The quantitative estimate of drug-likeness (QED) is 0.639. The van der Waals surface area contributed by atoms with E-state index in [4.69, 9.17) is 16.3 Å². The lowest BCUT2D eigenvalue weighted by Gasteiger charge is -2.20. The molecule has 7 heteroatoms. The molecule has 0 N–H and O–H groups in total. The lowest BCUT2D eigenvalue weighted by Crippen LogP contribution is -2.36. The maximum absolute atomic E-state index is 13.1. The van der Waals surface area contributed by atoms with Crippen LogP contribution in [0.3, 0.4) is 0 Å². The van der Waals surface area contributed by atoms with E-state index in [1.807, 2.05) is 50.3 Å². The van der Waals surface area contributed by atoms with E-state index in [9.17, 15) is 4.79 Å². The fourth-order valence-electron chi connectivity index (χ4n) is 4.37. The molecule has 0 radical (unpaired) electrons. The first kappa shape index (κ1) is 19.1. The van der Waals surface area contributed by atoms with E-state index in [0.29, 0.717) is 22.8 Å². The third-order valence-electron chi connectivity index (χ3n) is 6.24. The van der Waals surface area contributed by atoms with Crippen molar-refractivity contribution >= 4 is 17.5 Å². The average molecular weight is 423 g/mol. The van der Waals surface area contributed by atoms with Gasteiger partial charge in [-0.15, -0.1) is 0 Å². The summed E-state index contributed by atoms with van der Waals surface area (Å²) in [6.45, 7) is 4.75. The van der Waals surface area contributed by atoms with Crippen molar-refractivity contribution in [3.63, 3.8) is 0 Å². The first-order valence-electron chi connectivity index (χ1n) is 10.2. The van der Waals surface area contributed by atoms with Gasteiger partial charge in [0.2, 0.25) is 0 Å². The number of rotatable bonds is 3. The van der Waals surface area contributed by atoms with Crippen molar-refractivity contribution in [2.45, 2.75) is 38.8 Å². The maximum atomic E-state index is 13.1. The smallest absolute Gasteiger partial charge is 0.258 e. The Morgan fingerprint density at radius 1 is 1.30 bits per heavy atom. The predicted octanol–water partition coefficient (Wildman–Crippen LogP) is 4.03. The van der Waals surface area contributed by atoms with Crippen molar-refractivity contribution in [1.29, 1.82) is 0 Å². The van der Waals surface area contributed by atoms with Gasteiger partial charge in [-0.25, -0.2) is 0 Å². The number of amides is 1. The Labute approximate surface area is 180 Å². The second-order valence-corrected chi connectivity index (χ2v) is 8.54. The van der Waals surface area contributed by atoms with Gasteiger partial charge in [-0.1, -0.05) is 17.7 Å². The van der Waals surface area contributed by atoms with Gasteiger partial charge in [0.05, 0.1) is 28.5 Å². The minimum absolute atomic E-state index is 0.00201. The number of benzene rings is 1. The number of hydrogen-bond donors (Lipinski definition) is 0. The van der Waals surface area contributed by atoms with Gasteiger partial charge in [-0.3, -0.25) is 14.5 Å². The average Bonchev–Trinajstić information content (AvgIpc) is 3.30. The van der Waals surface area contributed by atoms with Crippen LogP contribution in [0.25, 0.3) is 11.3 Å². The van der Waals surface area contributed by atoms with Gasteiger partial charge in [-0.2, -0.15) is 5.10 Å². The fraction of sp³-hybridized carbons (Fsp3) is 0.348. The third-order valence-corrected chi connectivity index (χ3v) is 6.69. The van der Waals surface area contributed by atoms with Gasteiger partial charge in [-0.05, 0) is 49.1 Å². The van der Waals surface area contributed by atoms with Crippen molar-refractivity contribution in [2.24, 2.45) is 7.05 Å². The Hall–Kier alpha value is -2.86. The molecular weight excluding hydrogens is 400 g/mol. The Morgan fingerprint density at radius 3 is 2.83 bits per heavy atom. The van der Waals surface area contributed by atoms with Crippen molar-refractivity contribution in [3.05, 3.63) is 64.1 Å². The summed E-state index contributed by atoms with van der Waals surface area (Å²) < 4.78 is 7.96. The number of carbonyl (C=O) groups is 1. The van der Waals surface area contributed by atoms with Gasteiger partial charge in [0.15, 0.2) is 5.75 Å². The largest absolute Gasteiger partial charge is 0.486 e. The van der Waals surface area contributed by atoms with Gasteiger partial charge < -0.3 is 9.64 Å². The third kappa shape index (κ3) is 3.06. The molecule has 1 fully saturated rings. The molecule has 2 bridgehead atoms. The van der Waals surface area contributed by atoms with Crippen LogP contribution in [0.2, 0.25) is 5.02 Å². The summed E-state index contributed by atoms with van der Waals surface area (Å²) in [6, 6.07) is 6.06. The Balaban J connectivity index is 1.47. The molecule has 1 aromatic carbocycles. The van der Waals surface area contributed by atoms with Gasteiger partial charge in [0.1, 0.15) is 6.10 Å². The Bertz CT molecular complexity index is 1140. The highest BCUT2D eigenvalue weighted by molar-refractivity contribution is 6.33. The number of aromatic nitrogens is 3. The molecule has 0 unspecified atom stereocenters. The molecule has 0 spiro atoms. The number of nitrogens with zero attached hydrogens (tertiary/aromatic N) is 4. The number of pyridine rings is 1. The van der Waals surface area contributed by atoms with Crippen molar-refractivity contribution in [2.75, 3.05) is 6.54 Å². The normalized spacial score (nSPS) is 20.1. The summed E-state index contributed by atoms with van der Waals surface area (Å²) in [4.78, 5) is 19.6. The predicted molar refractivity (Wildman–Crippen MR) is 115 cm³/mol. The molecule has 1 saturated heterocycles. The summed E-state index contributed by atoms with van der Waals surface area (Å²) in [7, 11) is 1.89. The molecule has 2 aliphatic heterocycles. The summed E-state index contributed by atoms with van der Waals surface area (Å²) in [6.07, 6.45) is 7.10. The lowest BCUT2D eigenvalue weighted by atomic mass is 9.97. The van der Waals surface area contributed by atoms with E-state index in [1.54, 1.807) is 10.9 Å². The SMILES string of the molecule is Cc1c(Cc2ccc(-c3cnn(C)c3)nc2)cc2c(c1Cl)O[C@H]1CCN(C2=O)[C@@H]1C. The van der Waals surface area contributed by atoms with Gasteiger partial charge in [0.25, 0.3) is 5.91 Å². The highest BCUT2D eigenvalue weighted by Crippen LogP contribution is 2.41. The van der Waals surface area contributed by atoms with Crippen molar-refractivity contribution in [3.8, 4) is 17.0 Å². The molecule has 4 heterocycles. The molecule has 30 heavy (non-hydrogen) atoms. The summed E-state index contributed by atoms with van der Waals surface area (Å²) in [5.41, 5.74) is 5.44. The molecule has 2 atom stereocenters. The number of fused-ring (bicyclic) bond motifs is 3. The van der Waals surface area contributed by atoms with E-state index < -0.39 is 0 Å². The zero-order chi connectivity index (χ0) is 21.0. The van der Waals surface area contributed by atoms with Gasteiger partial charge in [0, 0.05) is 38.0 Å². The maximum Gasteiger partial charge on any atom is 0.258 e. The molecule has 5 rings (SSSR count). The fourth-order valence-corrected chi connectivity index (χ4v) is 4.64. The Morgan fingerprint density at radius 2 is 2.13 bits per heavy atom. The van der Waals surface area contributed by atoms with Crippen molar-refractivity contribution < 1.29 is 9.53 Å². The van der Waals surface area contributed by atoms with Crippen LogP contribution < -0.4 is 4.74 Å². The second-order valence-electron chi connectivity index (χ2n) is 8.17. The van der Waals surface area contributed by atoms with Crippen LogP contribution in [0, 0.1) is 6.92 Å². The number of halogens is 1. The molecule has 6 nitrogen and oxygen atoms in total. The second kappa shape index (κ2) is 7.13. The van der Waals surface area contributed by atoms with E-state index in [2.05, 4.69) is 16.1 Å².